The van der Waals surface area contributed by atoms with Gasteiger partial charge in [0.2, 0.25) is 0 Å². The van der Waals surface area contributed by atoms with Crippen molar-refractivity contribution in [1.29, 1.82) is 0 Å². The molecule has 2 heteroatoms. The number of methoxy groups -OCH3 is 1. The van der Waals surface area contributed by atoms with Gasteiger partial charge in [-0.2, -0.15) is 0 Å². The van der Waals surface area contributed by atoms with E-state index in [9.17, 15) is 0 Å². The highest BCUT2D eigenvalue weighted by Crippen LogP contribution is 2.25. The molecule has 0 bridgehead atoms. The number of ether oxygens (including phenoxy) is 1. The Balaban J connectivity index is 2.29. The zero-order chi connectivity index (χ0) is 14.5. The Kier molecular flexibility index (Phi) is 4.80. The molecule has 1 N–H and O–H groups in total. The van der Waals surface area contributed by atoms with Crippen molar-refractivity contribution < 1.29 is 4.74 Å². The van der Waals surface area contributed by atoms with Gasteiger partial charge in [-0.15, -0.1) is 0 Å². The Labute approximate surface area is 121 Å². The number of nitrogens with one attached hydrogen (secondary N) is 1. The average molecular weight is 269 g/mol. The predicted octanol–water partition coefficient (Wildman–Crippen LogP) is 3.82. The quantitative estimate of drug-likeness (QED) is 0.891. The zero-order valence-corrected chi connectivity index (χ0v) is 12.7. The highest BCUT2D eigenvalue weighted by Gasteiger charge is 2.13. The molecule has 0 amide bonds. The molecule has 1 unspecified atom stereocenters. The van der Waals surface area contributed by atoms with Crippen LogP contribution in [0.15, 0.2) is 42.5 Å². The molecule has 106 valence electrons. The van der Waals surface area contributed by atoms with E-state index in [1.165, 1.54) is 22.3 Å². The normalized spacial score (nSPS) is 12.2. The fraction of sp³-hybridized carbons (Fsp3) is 0.333. The van der Waals surface area contributed by atoms with Gasteiger partial charge in [-0.1, -0.05) is 30.3 Å². The van der Waals surface area contributed by atoms with Crippen molar-refractivity contribution in [3.63, 3.8) is 0 Å². The molecular formula is C18H23NO. The van der Waals surface area contributed by atoms with E-state index in [0.717, 1.165) is 12.2 Å². The molecule has 2 aromatic carbocycles. The first-order chi connectivity index (χ1) is 9.65. The van der Waals surface area contributed by atoms with Crippen molar-refractivity contribution in [2.75, 3.05) is 14.2 Å². The second-order valence-corrected chi connectivity index (χ2v) is 5.19. The lowest BCUT2D eigenvalue weighted by atomic mass is 9.93. The molecular weight excluding hydrogens is 246 g/mol. The second kappa shape index (κ2) is 6.58. The summed E-state index contributed by atoms with van der Waals surface area (Å²) in [5.74, 6) is 0.907. The molecule has 0 radical (unpaired) electrons. The summed E-state index contributed by atoms with van der Waals surface area (Å²) in [5, 5.41) is 3.42. The van der Waals surface area contributed by atoms with Crippen LogP contribution in [0.3, 0.4) is 0 Å². The van der Waals surface area contributed by atoms with Crippen LogP contribution in [0.2, 0.25) is 0 Å². The van der Waals surface area contributed by atoms with Crippen molar-refractivity contribution in [3.05, 3.63) is 64.7 Å². The lowest BCUT2D eigenvalue weighted by molar-refractivity contribution is 0.413. The highest BCUT2D eigenvalue weighted by atomic mass is 16.5. The van der Waals surface area contributed by atoms with Gasteiger partial charge < -0.3 is 10.1 Å². The molecule has 0 aliphatic carbocycles. The summed E-state index contributed by atoms with van der Waals surface area (Å²) in [5.41, 5.74) is 5.39. The first-order valence-electron chi connectivity index (χ1n) is 7.02. The molecule has 0 spiro atoms. The van der Waals surface area contributed by atoms with E-state index in [1.807, 2.05) is 19.2 Å². The van der Waals surface area contributed by atoms with E-state index < -0.39 is 0 Å². The standard InChI is InChI=1S/C18H23NO/c1-13-7-5-8-14(2)17(13)12-18(19-3)15-9-6-10-16(11-15)20-4/h5-11,18-19H,12H2,1-4H3. The number of aryl methyl sites for hydroxylation is 2. The van der Waals surface area contributed by atoms with Gasteiger partial charge in [-0.3, -0.25) is 0 Å². The number of hydrogen-bond donors (Lipinski definition) is 1. The van der Waals surface area contributed by atoms with Gasteiger partial charge >= 0.3 is 0 Å². The fourth-order valence-electron chi connectivity index (χ4n) is 2.62. The molecule has 0 aromatic heterocycles. The van der Waals surface area contributed by atoms with E-state index in [0.29, 0.717) is 6.04 Å². The van der Waals surface area contributed by atoms with Crippen molar-refractivity contribution in [2.24, 2.45) is 0 Å². The molecule has 2 aromatic rings. The molecule has 2 nitrogen and oxygen atoms in total. The molecule has 0 saturated carbocycles. The molecule has 0 aliphatic heterocycles. The molecule has 0 saturated heterocycles. The molecule has 2 rings (SSSR count). The van der Waals surface area contributed by atoms with Crippen LogP contribution in [0.5, 0.6) is 5.75 Å². The molecule has 0 aliphatic rings. The lowest BCUT2D eigenvalue weighted by Crippen LogP contribution is -2.19. The number of rotatable bonds is 5. The van der Waals surface area contributed by atoms with E-state index in [4.69, 9.17) is 4.74 Å². The van der Waals surface area contributed by atoms with Crippen LogP contribution < -0.4 is 10.1 Å². The maximum Gasteiger partial charge on any atom is 0.119 e. The summed E-state index contributed by atoms with van der Waals surface area (Å²) in [6.07, 6.45) is 0.988. The van der Waals surface area contributed by atoms with E-state index >= 15 is 0 Å². The Morgan fingerprint density at radius 1 is 1.05 bits per heavy atom. The summed E-state index contributed by atoms with van der Waals surface area (Å²) >= 11 is 0. The maximum absolute atomic E-state index is 5.32. The summed E-state index contributed by atoms with van der Waals surface area (Å²) < 4.78 is 5.32. The third-order valence-electron chi connectivity index (χ3n) is 3.90. The summed E-state index contributed by atoms with van der Waals surface area (Å²) in [7, 11) is 3.72. The van der Waals surface area contributed by atoms with Crippen molar-refractivity contribution in [3.8, 4) is 5.75 Å². The van der Waals surface area contributed by atoms with Gasteiger partial charge in [-0.05, 0) is 61.7 Å². The van der Waals surface area contributed by atoms with Crippen LogP contribution in [-0.2, 0) is 6.42 Å². The third-order valence-corrected chi connectivity index (χ3v) is 3.90. The number of likely N-dealkylation sites (N-methyl/N-ethyl adjacent to an activating group) is 1. The number of benzene rings is 2. The van der Waals surface area contributed by atoms with Crippen molar-refractivity contribution in [1.82, 2.24) is 5.32 Å². The first-order valence-corrected chi connectivity index (χ1v) is 7.02. The fourth-order valence-corrected chi connectivity index (χ4v) is 2.62. The summed E-state index contributed by atoms with van der Waals surface area (Å²) in [6.45, 7) is 4.36. The number of hydrogen-bond acceptors (Lipinski definition) is 2. The van der Waals surface area contributed by atoms with E-state index in [1.54, 1.807) is 7.11 Å². The topological polar surface area (TPSA) is 21.3 Å². The lowest BCUT2D eigenvalue weighted by Gasteiger charge is -2.20. The van der Waals surface area contributed by atoms with Gasteiger partial charge in [0.15, 0.2) is 0 Å². The van der Waals surface area contributed by atoms with E-state index in [-0.39, 0.29) is 0 Å². The zero-order valence-electron chi connectivity index (χ0n) is 12.7. The molecule has 1 atom stereocenters. The first kappa shape index (κ1) is 14.6. The van der Waals surface area contributed by atoms with Crippen molar-refractivity contribution >= 4 is 0 Å². The largest absolute Gasteiger partial charge is 0.497 e. The smallest absolute Gasteiger partial charge is 0.119 e. The third kappa shape index (κ3) is 3.20. The Morgan fingerprint density at radius 2 is 1.70 bits per heavy atom. The van der Waals surface area contributed by atoms with Crippen LogP contribution in [-0.4, -0.2) is 14.2 Å². The van der Waals surface area contributed by atoms with Crippen molar-refractivity contribution in [2.45, 2.75) is 26.3 Å². The van der Waals surface area contributed by atoms with E-state index in [2.05, 4.69) is 49.5 Å². The van der Waals surface area contributed by atoms with Gasteiger partial charge in [0.05, 0.1) is 7.11 Å². The van der Waals surface area contributed by atoms with Gasteiger partial charge in [0, 0.05) is 6.04 Å². The molecule has 20 heavy (non-hydrogen) atoms. The minimum Gasteiger partial charge on any atom is -0.497 e. The Hall–Kier alpha value is -1.80. The average Bonchev–Trinajstić information content (AvgIpc) is 2.47. The summed E-state index contributed by atoms with van der Waals surface area (Å²) in [4.78, 5) is 0. The maximum atomic E-state index is 5.32. The van der Waals surface area contributed by atoms with Gasteiger partial charge in [0.1, 0.15) is 5.75 Å². The highest BCUT2D eigenvalue weighted by molar-refractivity contribution is 5.37. The van der Waals surface area contributed by atoms with Crippen LogP contribution >= 0.6 is 0 Å². The van der Waals surface area contributed by atoms with Crippen LogP contribution in [0.25, 0.3) is 0 Å². The Morgan fingerprint density at radius 3 is 2.30 bits per heavy atom. The van der Waals surface area contributed by atoms with Gasteiger partial charge in [-0.25, -0.2) is 0 Å². The minimum absolute atomic E-state index is 0.296. The minimum atomic E-state index is 0.296. The molecule has 0 heterocycles. The predicted molar refractivity (Wildman–Crippen MR) is 84.4 cm³/mol. The monoisotopic (exact) mass is 269 g/mol. The van der Waals surface area contributed by atoms with Crippen LogP contribution in [0.1, 0.15) is 28.3 Å². The molecule has 0 fully saturated rings. The SMILES string of the molecule is CNC(Cc1c(C)cccc1C)c1cccc(OC)c1. The second-order valence-electron chi connectivity index (χ2n) is 5.19. The van der Waals surface area contributed by atoms with Gasteiger partial charge in [0.25, 0.3) is 0 Å². The summed E-state index contributed by atoms with van der Waals surface area (Å²) in [6, 6.07) is 15.1. The Bertz CT molecular complexity index is 557. The van der Waals surface area contributed by atoms with Crippen LogP contribution in [0, 0.1) is 13.8 Å². The van der Waals surface area contributed by atoms with Crippen LogP contribution in [0.4, 0.5) is 0 Å².